The van der Waals surface area contributed by atoms with Crippen LogP contribution in [0.4, 0.5) is 0 Å². The first-order chi connectivity index (χ1) is 12.5. The van der Waals surface area contributed by atoms with Crippen LogP contribution in [-0.4, -0.2) is 49.6 Å². The van der Waals surface area contributed by atoms with Gasteiger partial charge >= 0.3 is 0 Å². The number of nitrogens with one attached hydrogen (secondary N) is 1. The summed E-state index contributed by atoms with van der Waals surface area (Å²) in [6, 6.07) is 3.12. The van der Waals surface area contributed by atoms with Crippen LogP contribution < -0.4 is 14.8 Å². The van der Waals surface area contributed by atoms with Crippen molar-refractivity contribution in [3.05, 3.63) is 22.7 Å². The van der Waals surface area contributed by atoms with Gasteiger partial charge < -0.3 is 19.7 Å². The average molecular weight is 385 g/mol. The highest BCUT2D eigenvalue weighted by molar-refractivity contribution is 6.32. The lowest BCUT2D eigenvalue weighted by Gasteiger charge is -2.19. The molecule has 0 saturated carbocycles. The van der Waals surface area contributed by atoms with E-state index in [0.29, 0.717) is 48.4 Å². The van der Waals surface area contributed by atoms with Crippen molar-refractivity contribution >= 4 is 23.4 Å². The zero-order valence-electron chi connectivity index (χ0n) is 16.1. The van der Waals surface area contributed by atoms with E-state index >= 15 is 0 Å². The van der Waals surface area contributed by atoms with E-state index in [2.05, 4.69) is 12.2 Å². The van der Waals surface area contributed by atoms with Crippen molar-refractivity contribution in [1.29, 1.82) is 0 Å². The second-order valence-corrected chi connectivity index (χ2v) is 6.08. The summed E-state index contributed by atoms with van der Waals surface area (Å²) in [6.45, 7) is 9.82. The normalized spacial score (nSPS) is 10.3. The molecule has 0 aliphatic carbocycles. The fourth-order valence-electron chi connectivity index (χ4n) is 2.37. The van der Waals surface area contributed by atoms with Crippen LogP contribution in [0, 0.1) is 0 Å². The van der Waals surface area contributed by atoms with E-state index < -0.39 is 0 Å². The molecule has 0 unspecified atom stereocenters. The molecule has 0 bridgehead atoms. The van der Waals surface area contributed by atoms with Crippen molar-refractivity contribution in [2.75, 3.05) is 32.8 Å². The van der Waals surface area contributed by atoms with Crippen LogP contribution in [0.15, 0.2) is 12.1 Å². The number of benzene rings is 1. The van der Waals surface area contributed by atoms with Gasteiger partial charge in [0, 0.05) is 18.7 Å². The maximum Gasteiger partial charge on any atom is 0.251 e. The van der Waals surface area contributed by atoms with E-state index in [-0.39, 0.29) is 18.4 Å². The van der Waals surface area contributed by atoms with Crippen LogP contribution in [0.1, 0.15) is 50.9 Å². The van der Waals surface area contributed by atoms with E-state index in [1.165, 1.54) is 6.07 Å². The highest BCUT2D eigenvalue weighted by atomic mass is 35.5. The highest BCUT2D eigenvalue weighted by Gasteiger charge is 2.17. The Bertz CT molecular complexity index is 603. The van der Waals surface area contributed by atoms with Gasteiger partial charge in [-0.05, 0) is 39.3 Å². The van der Waals surface area contributed by atoms with Gasteiger partial charge in [-0.25, -0.2) is 0 Å². The van der Waals surface area contributed by atoms with Gasteiger partial charge in [-0.1, -0.05) is 24.9 Å². The molecular weight excluding hydrogens is 356 g/mol. The topological polar surface area (TPSA) is 67.9 Å². The number of ether oxygens (including phenoxy) is 2. The Morgan fingerprint density at radius 3 is 2.38 bits per heavy atom. The summed E-state index contributed by atoms with van der Waals surface area (Å²) >= 11 is 6.29. The third kappa shape index (κ3) is 6.41. The van der Waals surface area contributed by atoms with Crippen LogP contribution in [0.5, 0.6) is 11.5 Å². The van der Waals surface area contributed by atoms with Gasteiger partial charge in [-0.3, -0.25) is 9.59 Å². The van der Waals surface area contributed by atoms with Crippen LogP contribution >= 0.6 is 11.6 Å². The van der Waals surface area contributed by atoms with Crippen molar-refractivity contribution in [1.82, 2.24) is 10.2 Å². The predicted molar refractivity (Wildman–Crippen MR) is 103 cm³/mol. The first-order valence-electron chi connectivity index (χ1n) is 9.13. The lowest BCUT2D eigenvalue weighted by atomic mass is 10.2. The summed E-state index contributed by atoms with van der Waals surface area (Å²) < 4.78 is 11.3. The largest absolute Gasteiger partial charge is 0.490 e. The molecule has 0 aromatic heterocycles. The number of amides is 2. The molecular formula is C19H29ClN2O4. The first-order valence-corrected chi connectivity index (χ1v) is 9.51. The molecule has 0 spiro atoms. The Morgan fingerprint density at radius 2 is 1.81 bits per heavy atom. The van der Waals surface area contributed by atoms with Crippen LogP contribution in [0.2, 0.25) is 5.02 Å². The van der Waals surface area contributed by atoms with Crippen molar-refractivity contribution < 1.29 is 19.1 Å². The second kappa shape index (κ2) is 11.6. The van der Waals surface area contributed by atoms with Crippen molar-refractivity contribution in [2.45, 2.75) is 40.5 Å². The first kappa shape index (κ1) is 22.1. The Balaban J connectivity index is 2.88. The molecule has 0 heterocycles. The van der Waals surface area contributed by atoms with Crippen LogP contribution in [-0.2, 0) is 4.79 Å². The number of carbonyl (C=O) groups is 2. The van der Waals surface area contributed by atoms with Crippen LogP contribution in [0.3, 0.4) is 0 Å². The van der Waals surface area contributed by atoms with Gasteiger partial charge in [-0.2, -0.15) is 0 Å². The number of rotatable bonds is 11. The maximum atomic E-state index is 12.4. The monoisotopic (exact) mass is 384 g/mol. The Hall–Kier alpha value is -1.95. The van der Waals surface area contributed by atoms with Gasteiger partial charge in [0.05, 0.1) is 24.8 Å². The minimum Gasteiger partial charge on any atom is -0.490 e. The predicted octanol–water partition coefficient (Wildman–Crippen LogP) is 3.52. The molecule has 1 aromatic rings. The summed E-state index contributed by atoms with van der Waals surface area (Å²) in [7, 11) is 0. The molecule has 6 nitrogen and oxygen atoms in total. The van der Waals surface area contributed by atoms with Crippen molar-refractivity contribution in [3.63, 3.8) is 0 Å². The summed E-state index contributed by atoms with van der Waals surface area (Å²) in [4.78, 5) is 26.1. The van der Waals surface area contributed by atoms with Crippen molar-refractivity contribution in [3.8, 4) is 11.5 Å². The third-order valence-electron chi connectivity index (χ3n) is 3.83. The minimum atomic E-state index is -0.381. The maximum absolute atomic E-state index is 12.4. The number of unbranched alkanes of at least 4 members (excludes halogenated alkanes) is 1. The number of hydrogen-bond donors (Lipinski definition) is 1. The number of hydrogen-bond acceptors (Lipinski definition) is 4. The van der Waals surface area contributed by atoms with Gasteiger partial charge in [0.1, 0.15) is 0 Å². The fraction of sp³-hybridized carbons (Fsp3) is 0.579. The molecule has 0 fully saturated rings. The summed E-state index contributed by atoms with van der Waals surface area (Å²) in [6.07, 6.45) is 1.90. The molecule has 0 radical (unpaired) electrons. The summed E-state index contributed by atoms with van der Waals surface area (Å²) in [5.74, 6) is 0.363. The molecule has 0 aliphatic heterocycles. The minimum absolute atomic E-state index is 0.0587. The molecule has 26 heavy (non-hydrogen) atoms. The van der Waals surface area contributed by atoms with Gasteiger partial charge in [0.15, 0.2) is 11.5 Å². The zero-order chi connectivity index (χ0) is 19.5. The van der Waals surface area contributed by atoms with Crippen molar-refractivity contribution in [2.24, 2.45) is 0 Å². The average Bonchev–Trinajstić information content (AvgIpc) is 2.62. The quantitative estimate of drug-likeness (QED) is 0.593. The third-order valence-corrected chi connectivity index (χ3v) is 4.11. The lowest BCUT2D eigenvalue weighted by Crippen LogP contribution is -2.40. The Labute approximate surface area is 160 Å². The molecule has 0 saturated heterocycles. The zero-order valence-corrected chi connectivity index (χ0v) is 16.8. The van der Waals surface area contributed by atoms with Crippen LogP contribution in [0.25, 0.3) is 0 Å². The van der Waals surface area contributed by atoms with E-state index in [0.717, 1.165) is 12.8 Å². The molecule has 0 aliphatic rings. The van der Waals surface area contributed by atoms with E-state index in [4.69, 9.17) is 21.1 Å². The second-order valence-electron chi connectivity index (χ2n) is 5.67. The molecule has 0 atom stereocenters. The number of halogens is 1. The van der Waals surface area contributed by atoms with E-state index in [9.17, 15) is 9.59 Å². The van der Waals surface area contributed by atoms with Gasteiger partial charge in [-0.15, -0.1) is 0 Å². The van der Waals surface area contributed by atoms with E-state index in [1.807, 2.05) is 20.8 Å². The summed E-state index contributed by atoms with van der Waals surface area (Å²) in [5, 5.41) is 2.94. The molecule has 1 rings (SSSR count). The molecule has 146 valence electrons. The molecule has 2 amide bonds. The highest BCUT2D eigenvalue weighted by Crippen LogP contribution is 2.36. The van der Waals surface area contributed by atoms with Gasteiger partial charge in [0.2, 0.25) is 5.91 Å². The number of nitrogens with zero attached hydrogens (tertiary/aromatic N) is 1. The molecule has 7 heteroatoms. The lowest BCUT2D eigenvalue weighted by molar-refractivity contribution is -0.129. The molecule has 1 aromatic carbocycles. The SMILES string of the molecule is CCCCOc1c(Cl)cc(C(=O)NCC(=O)N(CC)CC)cc1OCC. The standard InChI is InChI=1S/C19H29ClN2O4/c1-5-9-10-26-18-15(20)11-14(12-16(18)25-8-4)19(24)21-13-17(23)22(6-2)7-3/h11-12H,5-10,13H2,1-4H3,(H,21,24). The molecule has 1 N–H and O–H groups in total. The fourth-order valence-corrected chi connectivity index (χ4v) is 2.63. The number of carbonyl (C=O) groups excluding carboxylic acids is 2. The summed E-state index contributed by atoms with van der Waals surface area (Å²) in [5.41, 5.74) is 0.327. The van der Waals surface area contributed by atoms with Gasteiger partial charge in [0.25, 0.3) is 5.91 Å². The smallest absolute Gasteiger partial charge is 0.251 e. The number of likely N-dealkylation sites (N-methyl/N-ethyl adjacent to an activating group) is 1. The Kier molecular flexibility index (Phi) is 9.88. The Morgan fingerprint density at radius 1 is 1.12 bits per heavy atom. The van der Waals surface area contributed by atoms with E-state index in [1.54, 1.807) is 11.0 Å².